The van der Waals surface area contributed by atoms with Gasteiger partial charge in [-0.3, -0.25) is 4.79 Å². The number of fused-ring (bicyclic) bond motifs is 1. The predicted molar refractivity (Wildman–Crippen MR) is 91.9 cm³/mol. The molecule has 0 aliphatic heterocycles. The van der Waals surface area contributed by atoms with Gasteiger partial charge in [0.05, 0.1) is 6.10 Å². The van der Waals surface area contributed by atoms with Gasteiger partial charge in [-0.2, -0.15) is 0 Å². The van der Waals surface area contributed by atoms with Crippen LogP contribution in [0.15, 0.2) is 46.4 Å². The largest absolute Gasteiger partial charge is 0.392 e. The summed E-state index contributed by atoms with van der Waals surface area (Å²) < 4.78 is 0. The number of aliphatic hydroxyl groups is 1. The fourth-order valence-electron chi connectivity index (χ4n) is 3.53. The molecule has 1 aromatic rings. The number of benzene rings is 1. The van der Waals surface area contributed by atoms with Crippen molar-refractivity contribution in [3.05, 3.63) is 47.1 Å². The molecule has 0 unspecified atom stereocenters. The lowest BCUT2D eigenvalue weighted by Crippen LogP contribution is -2.40. The van der Waals surface area contributed by atoms with Gasteiger partial charge >= 0.3 is 0 Å². The maximum atomic E-state index is 12.4. The highest BCUT2D eigenvalue weighted by atomic mass is 32.2. The van der Waals surface area contributed by atoms with Crippen LogP contribution in [0.3, 0.4) is 0 Å². The number of carbonyl (C=O) groups excluding carboxylic acids is 1. The zero-order valence-electron chi connectivity index (χ0n) is 13.1. The number of hydrogen-bond acceptors (Lipinski definition) is 3. The Hall–Kier alpha value is -1.32. The summed E-state index contributed by atoms with van der Waals surface area (Å²) in [7, 11) is 0. The lowest BCUT2D eigenvalue weighted by Gasteiger charge is -2.43. The number of carbonyl (C=O) groups is 1. The van der Waals surface area contributed by atoms with Crippen molar-refractivity contribution in [2.75, 3.05) is 6.26 Å². The molecule has 0 spiro atoms. The van der Waals surface area contributed by atoms with Crippen LogP contribution in [0.4, 0.5) is 0 Å². The van der Waals surface area contributed by atoms with Gasteiger partial charge in [0.25, 0.3) is 0 Å². The molecule has 2 aliphatic carbocycles. The first-order valence-corrected chi connectivity index (χ1v) is 9.03. The van der Waals surface area contributed by atoms with E-state index < -0.39 is 0 Å². The molecule has 2 nitrogen and oxygen atoms in total. The van der Waals surface area contributed by atoms with E-state index >= 15 is 0 Å². The molecule has 0 bridgehead atoms. The number of thioether (sulfide) groups is 1. The number of ketones is 1. The Kier molecular flexibility index (Phi) is 4.28. The molecule has 0 radical (unpaired) electrons. The van der Waals surface area contributed by atoms with Gasteiger partial charge in [0.1, 0.15) is 0 Å². The molecule has 1 N–H and O–H groups in total. The van der Waals surface area contributed by atoms with E-state index in [9.17, 15) is 9.90 Å². The normalized spacial score (nSPS) is 30.1. The van der Waals surface area contributed by atoms with Crippen LogP contribution >= 0.6 is 11.8 Å². The maximum Gasteiger partial charge on any atom is 0.181 e. The second-order valence-corrected chi connectivity index (χ2v) is 7.36. The minimum atomic E-state index is -0.345. The van der Waals surface area contributed by atoms with E-state index in [1.54, 1.807) is 17.8 Å². The van der Waals surface area contributed by atoms with Crippen LogP contribution < -0.4 is 0 Å². The van der Waals surface area contributed by atoms with Crippen LogP contribution in [0.2, 0.25) is 0 Å². The van der Waals surface area contributed by atoms with Gasteiger partial charge in [0.15, 0.2) is 5.78 Å². The second kappa shape index (κ2) is 6.05. The van der Waals surface area contributed by atoms with Gasteiger partial charge < -0.3 is 5.11 Å². The van der Waals surface area contributed by atoms with Crippen molar-refractivity contribution in [2.45, 2.75) is 43.6 Å². The summed E-state index contributed by atoms with van der Waals surface area (Å²) in [6.07, 6.45) is 8.85. The van der Waals surface area contributed by atoms with E-state index in [1.165, 1.54) is 4.90 Å². The summed E-state index contributed by atoms with van der Waals surface area (Å²) in [5, 5.41) is 10.4. The predicted octanol–water partition coefficient (Wildman–Crippen LogP) is 4.24. The Bertz CT molecular complexity index is 642. The smallest absolute Gasteiger partial charge is 0.181 e. The van der Waals surface area contributed by atoms with Crippen molar-refractivity contribution >= 4 is 23.6 Å². The molecule has 2 aliphatic rings. The fourth-order valence-corrected chi connectivity index (χ4v) is 3.94. The van der Waals surface area contributed by atoms with Gasteiger partial charge in [-0.1, -0.05) is 24.6 Å². The Morgan fingerprint density at radius 2 is 2.05 bits per heavy atom. The van der Waals surface area contributed by atoms with Crippen LogP contribution in [-0.2, 0) is 4.79 Å². The highest BCUT2D eigenvalue weighted by molar-refractivity contribution is 7.98. The third kappa shape index (κ3) is 2.80. The monoisotopic (exact) mass is 314 g/mol. The van der Waals surface area contributed by atoms with Crippen LogP contribution in [0.25, 0.3) is 6.08 Å². The SMILES string of the molecule is CSc1ccc(/C=C2\C[C@@]3(C)C(=CC2=O)CCC[C@@H]3O)cc1. The third-order valence-electron chi connectivity index (χ3n) is 5.03. The van der Waals surface area contributed by atoms with Gasteiger partial charge in [-0.25, -0.2) is 0 Å². The summed E-state index contributed by atoms with van der Waals surface area (Å²) in [4.78, 5) is 13.6. The molecule has 1 saturated carbocycles. The Morgan fingerprint density at radius 1 is 1.32 bits per heavy atom. The molecule has 1 fully saturated rings. The van der Waals surface area contributed by atoms with Crippen LogP contribution in [0, 0.1) is 5.41 Å². The molecule has 2 atom stereocenters. The maximum absolute atomic E-state index is 12.4. The molecule has 1 aromatic carbocycles. The van der Waals surface area contributed by atoms with Crippen molar-refractivity contribution in [1.82, 2.24) is 0 Å². The average molecular weight is 314 g/mol. The first kappa shape index (κ1) is 15.6. The molecule has 116 valence electrons. The molecule has 22 heavy (non-hydrogen) atoms. The Labute approximate surface area is 136 Å². The minimum absolute atomic E-state index is 0.107. The van der Waals surface area contributed by atoms with Crippen molar-refractivity contribution < 1.29 is 9.90 Å². The van der Waals surface area contributed by atoms with E-state index in [4.69, 9.17) is 0 Å². The summed E-state index contributed by atoms with van der Waals surface area (Å²) in [6.45, 7) is 2.10. The van der Waals surface area contributed by atoms with E-state index in [1.807, 2.05) is 18.2 Å². The second-order valence-electron chi connectivity index (χ2n) is 6.48. The topological polar surface area (TPSA) is 37.3 Å². The summed E-state index contributed by atoms with van der Waals surface area (Å²) >= 11 is 1.71. The van der Waals surface area contributed by atoms with Gasteiger partial charge in [0, 0.05) is 15.9 Å². The average Bonchev–Trinajstić information content (AvgIpc) is 2.51. The molecule has 0 heterocycles. The first-order valence-electron chi connectivity index (χ1n) is 7.81. The Balaban J connectivity index is 1.92. The lowest BCUT2D eigenvalue weighted by atomic mass is 9.63. The van der Waals surface area contributed by atoms with E-state index in [-0.39, 0.29) is 17.3 Å². The standard InChI is InChI=1S/C19H22O2S/c1-19-12-14(10-13-6-8-16(22-2)9-7-13)17(20)11-15(19)4-3-5-18(19)21/h6-11,18,21H,3-5,12H2,1-2H3/b14-10+/t18-,19-/m0/s1. The van der Waals surface area contributed by atoms with Crippen LogP contribution in [0.5, 0.6) is 0 Å². The van der Waals surface area contributed by atoms with Crippen molar-refractivity contribution in [2.24, 2.45) is 5.41 Å². The Morgan fingerprint density at radius 3 is 2.73 bits per heavy atom. The van der Waals surface area contributed by atoms with E-state index in [0.29, 0.717) is 6.42 Å². The van der Waals surface area contributed by atoms with E-state index in [2.05, 4.69) is 25.3 Å². The van der Waals surface area contributed by atoms with E-state index in [0.717, 1.165) is 36.0 Å². The third-order valence-corrected chi connectivity index (χ3v) is 5.77. The zero-order valence-corrected chi connectivity index (χ0v) is 14.0. The molecular weight excluding hydrogens is 292 g/mol. The number of aliphatic hydroxyl groups excluding tert-OH is 1. The number of hydrogen-bond donors (Lipinski definition) is 1. The first-order chi connectivity index (χ1) is 10.5. The summed E-state index contributed by atoms with van der Waals surface area (Å²) in [5.74, 6) is 0.107. The van der Waals surface area contributed by atoms with Gasteiger partial charge in [-0.05, 0) is 61.8 Å². The van der Waals surface area contributed by atoms with Gasteiger partial charge in [0.2, 0.25) is 0 Å². The molecule has 0 saturated heterocycles. The number of allylic oxidation sites excluding steroid dienone is 2. The fraction of sp³-hybridized carbons (Fsp3) is 0.421. The van der Waals surface area contributed by atoms with Gasteiger partial charge in [-0.15, -0.1) is 11.8 Å². The zero-order chi connectivity index (χ0) is 15.7. The lowest BCUT2D eigenvalue weighted by molar-refractivity contribution is -0.112. The minimum Gasteiger partial charge on any atom is -0.392 e. The molecule has 3 rings (SSSR count). The summed E-state index contributed by atoms with van der Waals surface area (Å²) in [5.41, 5.74) is 2.72. The molecular formula is C19H22O2S. The molecule has 0 amide bonds. The van der Waals surface area contributed by atoms with Crippen LogP contribution in [0.1, 0.15) is 38.2 Å². The highest BCUT2D eigenvalue weighted by Crippen LogP contribution is 2.48. The van der Waals surface area contributed by atoms with Crippen molar-refractivity contribution in [1.29, 1.82) is 0 Å². The molecule has 3 heteroatoms. The highest BCUT2D eigenvalue weighted by Gasteiger charge is 2.43. The number of rotatable bonds is 2. The quantitative estimate of drug-likeness (QED) is 0.655. The van der Waals surface area contributed by atoms with Crippen LogP contribution in [-0.4, -0.2) is 23.2 Å². The van der Waals surface area contributed by atoms with Crippen molar-refractivity contribution in [3.8, 4) is 0 Å². The molecule has 0 aromatic heterocycles. The van der Waals surface area contributed by atoms with Crippen molar-refractivity contribution in [3.63, 3.8) is 0 Å². The summed E-state index contributed by atoms with van der Waals surface area (Å²) in [6, 6.07) is 8.24.